The van der Waals surface area contributed by atoms with Gasteiger partial charge < -0.3 is 19.4 Å². The molecule has 1 aliphatic rings. The first kappa shape index (κ1) is 19.3. The van der Waals surface area contributed by atoms with Crippen molar-refractivity contribution in [2.24, 2.45) is 0 Å². The molecular formula is C21H28O4Si. The zero-order valence-electron chi connectivity index (χ0n) is 15.6. The lowest BCUT2D eigenvalue weighted by atomic mass is 10.2. The highest BCUT2D eigenvalue weighted by Crippen LogP contribution is 2.37. The molecule has 2 N–H and O–H groups in total. The van der Waals surface area contributed by atoms with Crippen LogP contribution in [0.25, 0.3) is 0 Å². The maximum atomic E-state index is 10.2. The van der Waals surface area contributed by atoms with Crippen LogP contribution in [0.2, 0.25) is 5.04 Å². The third-order valence-corrected chi connectivity index (χ3v) is 10.1. The van der Waals surface area contributed by atoms with Crippen LogP contribution < -0.4 is 10.4 Å². The molecule has 5 heteroatoms. The highest BCUT2D eigenvalue weighted by atomic mass is 28.4. The van der Waals surface area contributed by atoms with Gasteiger partial charge in [-0.3, -0.25) is 0 Å². The van der Waals surface area contributed by atoms with E-state index in [-0.39, 0.29) is 18.1 Å². The molecule has 0 bridgehead atoms. The Kier molecular flexibility index (Phi) is 5.65. The lowest BCUT2D eigenvalue weighted by Crippen LogP contribution is -2.67. The van der Waals surface area contributed by atoms with Gasteiger partial charge in [0.2, 0.25) is 0 Å². The molecule has 2 aromatic carbocycles. The molecule has 0 aromatic heterocycles. The third-order valence-electron chi connectivity index (χ3n) is 5.09. The minimum atomic E-state index is -2.64. The van der Waals surface area contributed by atoms with Gasteiger partial charge in [0.25, 0.3) is 8.32 Å². The number of rotatable bonds is 5. The number of ether oxygens (including phenoxy) is 1. The zero-order chi connectivity index (χ0) is 18.8. The SMILES string of the molecule is CC(C)(C)[Si](OC[C@@H]1O[C@H](O)CC1O)(c1ccccc1)c1ccccc1. The summed E-state index contributed by atoms with van der Waals surface area (Å²) in [6.07, 6.45) is -1.90. The molecule has 0 radical (unpaired) electrons. The number of hydrogen-bond acceptors (Lipinski definition) is 4. The summed E-state index contributed by atoms with van der Waals surface area (Å²) in [7, 11) is -2.64. The fourth-order valence-corrected chi connectivity index (χ4v) is 8.40. The maximum absolute atomic E-state index is 10.2. The molecular weight excluding hydrogens is 344 g/mol. The molecule has 1 aliphatic heterocycles. The summed E-state index contributed by atoms with van der Waals surface area (Å²) in [5.74, 6) is 0. The summed E-state index contributed by atoms with van der Waals surface area (Å²) in [5.41, 5.74) is 0. The number of hydrogen-bond donors (Lipinski definition) is 2. The lowest BCUT2D eigenvalue weighted by Gasteiger charge is -2.43. The molecule has 1 saturated heterocycles. The number of aliphatic hydroxyl groups is 2. The van der Waals surface area contributed by atoms with Gasteiger partial charge in [0, 0.05) is 6.42 Å². The summed E-state index contributed by atoms with van der Waals surface area (Å²) < 4.78 is 12.2. The molecule has 0 spiro atoms. The largest absolute Gasteiger partial charge is 0.405 e. The lowest BCUT2D eigenvalue weighted by molar-refractivity contribution is -0.105. The van der Waals surface area contributed by atoms with E-state index in [0.717, 1.165) is 0 Å². The highest BCUT2D eigenvalue weighted by molar-refractivity contribution is 6.99. The Morgan fingerprint density at radius 2 is 1.46 bits per heavy atom. The number of aliphatic hydroxyl groups excluding tert-OH is 2. The molecule has 1 unspecified atom stereocenters. The van der Waals surface area contributed by atoms with Crippen molar-refractivity contribution in [3.05, 3.63) is 60.7 Å². The molecule has 140 valence electrons. The molecule has 0 aliphatic carbocycles. The van der Waals surface area contributed by atoms with Crippen molar-refractivity contribution in [1.29, 1.82) is 0 Å². The predicted octanol–water partition coefficient (Wildman–Crippen LogP) is 2.03. The molecule has 4 nitrogen and oxygen atoms in total. The van der Waals surface area contributed by atoms with Crippen LogP contribution in [0.1, 0.15) is 27.2 Å². The molecule has 3 atom stereocenters. The van der Waals surface area contributed by atoms with Crippen LogP contribution in [0.15, 0.2) is 60.7 Å². The van der Waals surface area contributed by atoms with Crippen LogP contribution in [0.3, 0.4) is 0 Å². The second-order valence-electron chi connectivity index (χ2n) is 7.91. The summed E-state index contributed by atoms with van der Waals surface area (Å²) in [6, 6.07) is 20.7. The van der Waals surface area contributed by atoms with E-state index in [1.54, 1.807) is 0 Å². The first-order valence-corrected chi connectivity index (χ1v) is 11.0. The van der Waals surface area contributed by atoms with Gasteiger partial charge in [0.15, 0.2) is 6.29 Å². The smallest absolute Gasteiger partial charge is 0.261 e. The van der Waals surface area contributed by atoms with Crippen molar-refractivity contribution in [3.8, 4) is 0 Å². The van der Waals surface area contributed by atoms with E-state index >= 15 is 0 Å². The molecule has 0 amide bonds. The Bertz CT molecular complexity index is 659. The second kappa shape index (κ2) is 7.62. The Morgan fingerprint density at radius 3 is 1.85 bits per heavy atom. The van der Waals surface area contributed by atoms with Crippen molar-refractivity contribution in [3.63, 3.8) is 0 Å². The molecule has 1 heterocycles. The van der Waals surface area contributed by atoms with Crippen molar-refractivity contribution in [2.45, 2.75) is 50.7 Å². The van der Waals surface area contributed by atoms with E-state index in [0.29, 0.717) is 0 Å². The monoisotopic (exact) mass is 372 g/mol. The van der Waals surface area contributed by atoms with Gasteiger partial charge in [-0.15, -0.1) is 0 Å². The van der Waals surface area contributed by atoms with Crippen LogP contribution in [-0.2, 0) is 9.16 Å². The van der Waals surface area contributed by atoms with Gasteiger partial charge in [0.1, 0.15) is 6.10 Å². The highest BCUT2D eigenvalue weighted by Gasteiger charge is 2.51. The van der Waals surface area contributed by atoms with Gasteiger partial charge in [-0.1, -0.05) is 81.4 Å². The topological polar surface area (TPSA) is 58.9 Å². The van der Waals surface area contributed by atoms with Gasteiger partial charge in [-0.2, -0.15) is 0 Å². The van der Waals surface area contributed by atoms with Gasteiger partial charge in [-0.25, -0.2) is 0 Å². The molecule has 3 rings (SSSR count). The fourth-order valence-electron chi connectivity index (χ4n) is 3.83. The standard InChI is InChI=1S/C21H28O4Si/c1-21(2,3)26(16-10-6-4-7-11-16,17-12-8-5-9-13-17)24-15-19-18(22)14-20(23)25-19/h4-13,18-20,22-23H,14-15H2,1-3H3/t18?,19-,20-/m0/s1. The van der Waals surface area contributed by atoms with Crippen LogP contribution in [0.5, 0.6) is 0 Å². The van der Waals surface area contributed by atoms with Crippen LogP contribution in [0, 0.1) is 0 Å². The van der Waals surface area contributed by atoms with E-state index in [9.17, 15) is 10.2 Å². The van der Waals surface area contributed by atoms with Gasteiger partial charge in [-0.05, 0) is 15.4 Å². The molecule has 1 fully saturated rings. The molecule has 26 heavy (non-hydrogen) atoms. The molecule has 2 aromatic rings. The first-order chi connectivity index (χ1) is 12.3. The van der Waals surface area contributed by atoms with E-state index < -0.39 is 26.8 Å². The van der Waals surface area contributed by atoms with E-state index in [2.05, 4.69) is 45.0 Å². The Hall–Kier alpha value is -1.50. The fraction of sp³-hybridized carbons (Fsp3) is 0.429. The summed E-state index contributed by atoms with van der Waals surface area (Å²) in [6.45, 7) is 6.88. The third kappa shape index (κ3) is 3.63. The average molecular weight is 373 g/mol. The van der Waals surface area contributed by atoms with Crippen molar-refractivity contribution >= 4 is 18.7 Å². The number of benzene rings is 2. The van der Waals surface area contributed by atoms with Crippen molar-refractivity contribution < 1.29 is 19.4 Å². The second-order valence-corrected chi connectivity index (χ2v) is 12.2. The molecule has 0 saturated carbocycles. The first-order valence-electron chi connectivity index (χ1n) is 9.11. The summed E-state index contributed by atoms with van der Waals surface area (Å²) >= 11 is 0. The Labute approximate surface area is 156 Å². The van der Waals surface area contributed by atoms with Crippen LogP contribution in [-0.4, -0.2) is 43.6 Å². The van der Waals surface area contributed by atoms with Crippen molar-refractivity contribution in [2.75, 3.05) is 6.61 Å². The van der Waals surface area contributed by atoms with Gasteiger partial charge >= 0.3 is 0 Å². The Morgan fingerprint density at radius 1 is 0.962 bits per heavy atom. The zero-order valence-corrected chi connectivity index (χ0v) is 16.6. The van der Waals surface area contributed by atoms with E-state index in [4.69, 9.17) is 9.16 Å². The maximum Gasteiger partial charge on any atom is 0.261 e. The minimum absolute atomic E-state index is 0.127. The normalized spacial score (nSPS) is 24.0. The Balaban J connectivity index is 2.03. The van der Waals surface area contributed by atoms with Crippen LogP contribution in [0.4, 0.5) is 0 Å². The predicted molar refractivity (Wildman–Crippen MR) is 105 cm³/mol. The summed E-state index contributed by atoms with van der Waals surface area (Å²) in [4.78, 5) is 0. The summed E-state index contributed by atoms with van der Waals surface area (Å²) in [5, 5.41) is 22.1. The van der Waals surface area contributed by atoms with E-state index in [1.165, 1.54) is 10.4 Å². The van der Waals surface area contributed by atoms with Crippen molar-refractivity contribution in [1.82, 2.24) is 0 Å². The quantitative estimate of drug-likeness (QED) is 0.789. The van der Waals surface area contributed by atoms with E-state index in [1.807, 2.05) is 36.4 Å². The van der Waals surface area contributed by atoms with Gasteiger partial charge in [0.05, 0.1) is 12.7 Å². The van der Waals surface area contributed by atoms with Crippen LogP contribution >= 0.6 is 0 Å². The minimum Gasteiger partial charge on any atom is -0.405 e. The average Bonchev–Trinajstić information content (AvgIpc) is 2.94.